The van der Waals surface area contributed by atoms with E-state index in [2.05, 4.69) is 15.4 Å². The zero-order valence-electron chi connectivity index (χ0n) is 19.9. The van der Waals surface area contributed by atoms with Crippen LogP contribution in [0.3, 0.4) is 0 Å². The van der Waals surface area contributed by atoms with Gasteiger partial charge in [-0.15, -0.1) is 0 Å². The molecule has 1 saturated carbocycles. The van der Waals surface area contributed by atoms with E-state index in [0.29, 0.717) is 23.7 Å². The van der Waals surface area contributed by atoms with Gasteiger partial charge in [-0.25, -0.2) is 9.67 Å². The lowest BCUT2D eigenvalue weighted by Gasteiger charge is -2.36. The Bertz CT molecular complexity index is 1240. The number of pyridine rings is 1. The summed E-state index contributed by atoms with van der Waals surface area (Å²) in [6, 6.07) is 14.2. The molecule has 1 atom stereocenters. The number of ether oxygens (including phenoxy) is 2. The smallest absolute Gasteiger partial charge is 0.351 e. The van der Waals surface area contributed by atoms with Gasteiger partial charge in [0.15, 0.2) is 5.82 Å². The Labute approximate surface area is 209 Å². The highest BCUT2D eigenvalue weighted by molar-refractivity contribution is 5.98. The minimum atomic E-state index is -1.79. The van der Waals surface area contributed by atoms with Gasteiger partial charge in [0.2, 0.25) is 0 Å². The predicted octanol–water partition coefficient (Wildman–Crippen LogP) is 3.70. The van der Waals surface area contributed by atoms with Gasteiger partial charge in [-0.3, -0.25) is 9.59 Å². The number of nitrogens with two attached hydrogens (primary N) is 1. The minimum Gasteiger partial charge on any atom is -0.447 e. The van der Waals surface area contributed by atoms with Crippen molar-refractivity contribution in [1.82, 2.24) is 20.1 Å². The zero-order chi connectivity index (χ0) is 25.0. The van der Waals surface area contributed by atoms with Crippen molar-refractivity contribution in [3.8, 4) is 17.1 Å². The molecule has 9 nitrogen and oxygen atoms in total. The molecule has 2 aromatic heterocycles. The van der Waals surface area contributed by atoms with E-state index in [9.17, 15) is 9.59 Å². The number of amides is 2. The number of aromatic nitrogens is 3. The van der Waals surface area contributed by atoms with E-state index < -0.39 is 23.6 Å². The standard InChI is InChI=1S/C27H29N5O4/c28-26(34)27(35-16-17-36-27)23(18-19-8-3-1-4-9-19)30-25(33)21-12-7-14-29-24(21)32-15-13-22(31-32)20-10-5-2-6-11-20/h2,5-7,10-17,19,23H,1,3-4,8-9,18H2,(H2,28,34)(H,30,33). The third kappa shape index (κ3) is 4.68. The van der Waals surface area contributed by atoms with E-state index in [0.717, 1.165) is 36.9 Å². The number of carbonyl (C=O) groups is 2. The second-order valence-corrected chi connectivity index (χ2v) is 9.19. The number of carbonyl (C=O) groups excluding carboxylic acids is 2. The molecule has 2 aliphatic rings. The van der Waals surface area contributed by atoms with Crippen molar-refractivity contribution >= 4 is 11.8 Å². The van der Waals surface area contributed by atoms with Crippen LogP contribution in [0.1, 0.15) is 48.9 Å². The normalized spacial score (nSPS) is 17.7. The van der Waals surface area contributed by atoms with Crippen molar-refractivity contribution in [2.45, 2.75) is 50.4 Å². The van der Waals surface area contributed by atoms with Crippen LogP contribution in [0.4, 0.5) is 0 Å². The van der Waals surface area contributed by atoms with Crippen molar-refractivity contribution in [2.75, 3.05) is 0 Å². The highest BCUT2D eigenvalue weighted by Crippen LogP contribution is 2.34. The third-order valence-corrected chi connectivity index (χ3v) is 6.85. The lowest BCUT2D eigenvalue weighted by molar-refractivity contribution is -0.183. The summed E-state index contributed by atoms with van der Waals surface area (Å²) in [7, 11) is 0. The Morgan fingerprint density at radius 1 is 1.06 bits per heavy atom. The molecule has 9 heteroatoms. The second-order valence-electron chi connectivity index (χ2n) is 9.19. The average molecular weight is 488 g/mol. The van der Waals surface area contributed by atoms with Crippen LogP contribution >= 0.6 is 0 Å². The molecule has 3 aromatic rings. The number of nitrogens with zero attached hydrogens (tertiary/aromatic N) is 3. The van der Waals surface area contributed by atoms with E-state index in [-0.39, 0.29) is 0 Å². The monoisotopic (exact) mass is 487 g/mol. The molecule has 5 rings (SSSR count). The second kappa shape index (κ2) is 10.2. The first kappa shape index (κ1) is 23.6. The van der Waals surface area contributed by atoms with Gasteiger partial charge in [-0.2, -0.15) is 5.10 Å². The predicted molar refractivity (Wildman–Crippen MR) is 132 cm³/mol. The summed E-state index contributed by atoms with van der Waals surface area (Å²) in [4.78, 5) is 30.5. The van der Waals surface area contributed by atoms with Crippen LogP contribution in [-0.4, -0.2) is 38.4 Å². The SMILES string of the molecule is NC(=O)C1(C(CC2CCCCC2)NC(=O)c2cccnc2-n2ccc(-c3ccccc3)n2)OC=CO1. The maximum atomic E-state index is 13.6. The van der Waals surface area contributed by atoms with Crippen LogP contribution in [0.25, 0.3) is 17.1 Å². The molecule has 3 N–H and O–H groups in total. The van der Waals surface area contributed by atoms with Gasteiger partial charge in [-0.05, 0) is 30.5 Å². The molecule has 1 aliphatic heterocycles. The average Bonchev–Trinajstić information content (AvgIpc) is 3.61. The van der Waals surface area contributed by atoms with Crippen molar-refractivity contribution in [3.63, 3.8) is 0 Å². The summed E-state index contributed by atoms with van der Waals surface area (Å²) in [5, 5.41) is 7.61. The first-order valence-electron chi connectivity index (χ1n) is 12.2. The first-order chi connectivity index (χ1) is 17.6. The highest BCUT2D eigenvalue weighted by Gasteiger charge is 2.52. The van der Waals surface area contributed by atoms with Gasteiger partial charge in [0.05, 0.1) is 11.3 Å². The molecule has 2 amide bonds. The van der Waals surface area contributed by atoms with E-state index in [1.54, 1.807) is 29.2 Å². The molecule has 0 saturated heterocycles. The van der Waals surface area contributed by atoms with Crippen LogP contribution in [0.5, 0.6) is 0 Å². The fourth-order valence-electron chi connectivity index (χ4n) is 5.00. The van der Waals surface area contributed by atoms with Gasteiger partial charge in [0.1, 0.15) is 18.6 Å². The minimum absolute atomic E-state index is 0.305. The van der Waals surface area contributed by atoms with Gasteiger partial charge in [0, 0.05) is 18.0 Å². The molecular weight excluding hydrogens is 458 g/mol. The molecule has 1 fully saturated rings. The summed E-state index contributed by atoms with van der Waals surface area (Å²) in [5.74, 6) is -2.31. The number of hydrogen-bond acceptors (Lipinski definition) is 6. The molecule has 1 aliphatic carbocycles. The van der Waals surface area contributed by atoms with Crippen LogP contribution in [0.2, 0.25) is 0 Å². The zero-order valence-corrected chi connectivity index (χ0v) is 19.9. The number of hydrogen-bond donors (Lipinski definition) is 2. The summed E-state index contributed by atoms with van der Waals surface area (Å²) < 4.78 is 12.7. The fourth-order valence-corrected chi connectivity index (χ4v) is 5.00. The van der Waals surface area contributed by atoms with Crippen LogP contribution in [0, 0.1) is 5.92 Å². The molecular formula is C27H29N5O4. The van der Waals surface area contributed by atoms with Gasteiger partial charge < -0.3 is 20.5 Å². The highest BCUT2D eigenvalue weighted by atomic mass is 16.7. The Morgan fingerprint density at radius 3 is 2.53 bits per heavy atom. The topological polar surface area (TPSA) is 121 Å². The summed E-state index contributed by atoms with van der Waals surface area (Å²) in [6.45, 7) is 0. The van der Waals surface area contributed by atoms with Crippen LogP contribution < -0.4 is 11.1 Å². The van der Waals surface area contributed by atoms with Crippen molar-refractivity contribution < 1.29 is 19.1 Å². The van der Waals surface area contributed by atoms with E-state index in [1.165, 1.54) is 18.9 Å². The Hall–Kier alpha value is -4.14. The molecule has 0 bridgehead atoms. The van der Waals surface area contributed by atoms with Gasteiger partial charge in [0.25, 0.3) is 5.91 Å². The molecule has 3 heterocycles. The number of nitrogens with one attached hydrogen (secondary N) is 1. The lowest BCUT2D eigenvalue weighted by atomic mass is 9.82. The Kier molecular flexibility index (Phi) is 6.71. The molecule has 0 radical (unpaired) electrons. The first-order valence-corrected chi connectivity index (χ1v) is 12.2. The molecule has 36 heavy (non-hydrogen) atoms. The van der Waals surface area contributed by atoms with Crippen LogP contribution in [-0.2, 0) is 14.3 Å². The quantitative estimate of drug-likeness (QED) is 0.500. The fraction of sp³-hybridized carbons (Fsp3) is 0.333. The molecule has 1 unspecified atom stereocenters. The summed E-state index contributed by atoms with van der Waals surface area (Å²) in [5.41, 5.74) is 7.74. The maximum Gasteiger partial charge on any atom is 0.351 e. The largest absolute Gasteiger partial charge is 0.447 e. The van der Waals surface area contributed by atoms with Gasteiger partial charge in [-0.1, -0.05) is 62.4 Å². The number of primary amides is 1. The third-order valence-electron chi connectivity index (χ3n) is 6.85. The Balaban J connectivity index is 1.43. The number of rotatable bonds is 8. The number of benzene rings is 1. The van der Waals surface area contributed by atoms with E-state index >= 15 is 0 Å². The van der Waals surface area contributed by atoms with E-state index in [4.69, 9.17) is 15.2 Å². The van der Waals surface area contributed by atoms with Crippen molar-refractivity contribution in [1.29, 1.82) is 0 Å². The van der Waals surface area contributed by atoms with Crippen LogP contribution in [0.15, 0.2) is 73.4 Å². The Morgan fingerprint density at radius 2 is 1.81 bits per heavy atom. The summed E-state index contributed by atoms with van der Waals surface area (Å²) in [6.07, 6.45) is 11.9. The van der Waals surface area contributed by atoms with E-state index in [1.807, 2.05) is 36.4 Å². The van der Waals surface area contributed by atoms with Gasteiger partial charge >= 0.3 is 11.7 Å². The maximum absolute atomic E-state index is 13.6. The molecule has 0 spiro atoms. The lowest BCUT2D eigenvalue weighted by Crippen LogP contribution is -2.61. The molecule has 186 valence electrons. The van der Waals surface area contributed by atoms with Crippen molar-refractivity contribution in [3.05, 3.63) is 79.0 Å². The summed E-state index contributed by atoms with van der Waals surface area (Å²) >= 11 is 0. The molecule has 1 aromatic carbocycles. The van der Waals surface area contributed by atoms with Crippen molar-refractivity contribution in [2.24, 2.45) is 11.7 Å².